The Balaban J connectivity index is 2.16. The maximum atomic E-state index is 7.23. The number of amidine groups is 1. The van der Waals surface area contributed by atoms with Gasteiger partial charge in [0.1, 0.15) is 0 Å². The lowest BCUT2D eigenvalue weighted by atomic mass is 10.1. The van der Waals surface area contributed by atoms with Gasteiger partial charge in [0.05, 0.1) is 11.9 Å². The van der Waals surface area contributed by atoms with Crippen LogP contribution >= 0.6 is 0 Å². The lowest BCUT2D eigenvalue weighted by Gasteiger charge is -2.15. The Bertz CT molecular complexity index is 327. The summed E-state index contributed by atoms with van der Waals surface area (Å²) in [4.78, 5) is 3.98. The third-order valence-corrected chi connectivity index (χ3v) is 2.62. The maximum Gasteiger partial charge on any atom is 0.0931 e. The van der Waals surface area contributed by atoms with Gasteiger partial charge in [0.25, 0.3) is 0 Å². The molecule has 1 aromatic rings. The molecule has 0 bridgehead atoms. The van der Waals surface area contributed by atoms with Crippen LogP contribution in [0.3, 0.4) is 0 Å². The summed E-state index contributed by atoms with van der Waals surface area (Å²) in [5, 5.41) is 7.23. The Hall–Kier alpha value is -1.42. The molecule has 94 valence electrons. The molecule has 1 atom stereocenters. The molecule has 0 aliphatic heterocycles. The van der Waals surface area contributed by atoms with Crippen molar-refractivity contribution < 1.29 is 4.74 Å². The number of nitrogens with zero attached hydrogens (tertiary/aromatic N) is 1. The van der Waals surface area contributed by atoms with Crippen LogP contribution in [0.15, 0.2) is 24.5 Å². The molecule has 0 fully saturated rings. The summed E-state index contributed by atoms with van der Waals surface area (Å²) in [6.07, 6.45) is 7.12. The van der Waals surface area contributed by atoms with Crippen LogP contribution < -0.4 is 5.73 Å². The first-order valence-electron chi connectivity index (χ1n) is 6.05. The second-order valence-electron chi connectivity index (χ2n) is 4.09. The quantitative estimate of drug-likeness (QED) is 0.412. The Kier molecular flexibility index (Phi) is 6.25. The summed E-state index contributed by atoms with van der Waals surface area (Å²) in [7, 11) is 0. The van der Waals surface area contributed by atoms with E-state index in [1.54, 1.807) is 12.4 Å². The Morgan fingerprint density at radius 3 is 2.76 bits per heavy atom. The highest BCUT2D eigenvalue weighted by Gasteiger charge is 2.07. The summed E-state index contributed by atoms with van der Waals surface area (Å²) in [5.41, 5.74) is 6.64. The molecule has 0 amide bonds. The third-order valence-electron chi connectivity index (χ3n) is 2.62. The summed E-state index contributed by atoms with van der Waals surface area (Å²) >= 11 is 0. The molecule has 1 rings (SSSR count). The van der Waals surface area contributed by atoms with E-state index >= 15 is 0 Å². The number of nitrogens with two attached hydrogens (primary N) is 1. The largest absolute Gasteiger partial charge is 0.388 e. The molecule has 0 saturated heterocycles. The Morgan fingerprint density at radius 2 is 2.18 bits per heavy atom. The number of ether oxygens (including phenoxy) is 1. The standard InChI is InChI=1S/C13H21N3O/c1-2-12(10-13(14)15)17-9-3-4-11-5-7-16-8-6-11/h5-8,12H,2-4,9-10H2,1H3,(H3,14,15). The monoisotopic (exact) mass is 235 g/mol. The molecule has 1 heterocycles. The minimum atomic E-state index is 0.0879. The van der Waals surface area contributed by atoms with Crippen LogP contribution in [0, 0.1) is 5.41 Å². The molecule has 0 spiro atoms. The van der Waals surface area contributed by atoms with E-state index in [1.165, 1.54) is 5.56 Å². The fraction of sp³-hybridized carbons (Fsp3) is 0.538. The number of rotatable bonds is 8. The zero-order valence-electron chi connectivity index (χ0n) is 10.4. The molecule has 0 aromatic carbocycles. The number of pyridine rings is 1. The minimum absolute atomic E-state index is 0.0879. The molecular weight excluding hydrogens is 214 g/mol. The van der Waals surface area contributed by atoms with E-state index in [2.05, 4.69) is 11.9 Å². The first kappa shape index (κ1) is 13.6. The van der Waals surface area contributed by atoms with Gasteiger partial charge in [-0.2, -0.15) is 0 Å². The van der Waals surface area contributed by atoms with Crippen molar-refractivity contribution in [1.29, 1.82) is 5.41 Å². The number of hydrogen-bond acceptors (Lipinski definition) is 3. The van der Waals surface area contributed by atoms with Gasteiger partial charge in [-0.3, -0.25) is 10.4 Å². The molecule has 0 aliphatic rings. The summed E-state index contributed by atoms with van der Waals surface area (Å²) in [5.74, 6) is 0.200. The van der Waals surface area contributed by atoms with Crippen molar-refractivity contribution in [3.8, 4) is 0 Å². The van der Waals surface area contributed by atoms with E-state index in [1.807, 2.05) is 12.1 Å². The molecule has 1 aromatic heterocycles. The van der Waals surface area contributed by atoms with E-state index in [4.69, 9.17) is 15.9 Å². The smallest absolute Gasteiger partial charge is 0.0931 e. The van der Waals surface area contributed by atoms with Gasteiger partial charge >= 0.3 is 0 Å². The first-order chi connectivity index (χ1) is 8.22. The maximum absolute atomic E-state index is 7.23. The summed E-state index contributed by atoms with van der Waals surface area (Å²) in [6.45, 7) is 2.77. The van der Waals surface area contributed by atoms with Crippen LogP contribution in [0.4, 0.5) is 0 Å². The van der Waals surface area contributed by atoms with Gasteiger partial charge in [-0.05, 0) is 37.0 Å². The Labute approximate surface area is 103 Å². The fourth-order valence-corrected chi connectivity index (χ4v) is 1.64. The van der Waals surface area contributed by atoms with E-state index in [0.717, 1.165) is 19.3 Å². The molecule has 0 saturated carbocycles. The second-order valence-corrected chi connectivity index (χ2v) is 4.09. The highest BCUT2D eigenvalue weighted by molar-refractivity contribution is 5.77. The van der Waals surface area contributed by atoms with Crippen molar-refractivity contribution in [2.24, 2.45) is 5.73 Å². The lowest BCUT2D eigenvalue weighted by molar-refractivity contribution is 0.0540. The molecule has 3 N–H and O–H groups in total. The average molecular weight is 235 g/mol. The average Bonchev–Trinajstić information content (AvgIpc) is 2.34. The van der Waals surface area contributed by atoms with Gasteiger partial charge in [-0.25, -0.2) is 0 Å². The SMILES string of the molecule is CCC(CC(=N)N)OCCCc1ccncc1. The van der Waals surface area contributed by atoms with Crippen LogP contribution in [0.2, 0.25) is 0 Å². The van der Waals surface area contributed by atoms with Crippen molar-refractivity contribution in [3.05, 3.63) is 30.1 Å². The molecule has 17 heavy (non-hydrogen) atoms. The first-order valence-corrected chi connectivity index (χ1v) is 6.05. The van der Waals surface area contributed by atoms with Gasteiger partial charge in [0, 0.05) is 25.4 Å². The van der Waals surface area contributed by atoms with E-state index in [-0.39, 0.29) is 11.9 Å². The lowest BCUT2D eigenvalue weighted by Crippen LogP contribution is -2.22. The number of hydrogen-bond donors (Lipinski definition) is 2. The molecular formula is C13H21N3O. The van der Waals surface area contributed by atoms with Crippen LogP contribution in [-0.4, -0.2) is 23.5 Å². The van der Waals surface area contributed by atoms with Crippen LogP contribution in [0.25, 0.3) is 0 Å². The normalized spacial score (nSPS) is 12.3. The van der Waals surface area contributed by atoms with Crippen LogP contribution in [0.1, 0.15) is 31.7 Å². The second kappa shape index (κ2) is 7.79. The zero-order chi connectivity index (χ0) is 12.5. The van der Waals surface area contributed by atoms with E-state index in [0.29, 0.717) is 13.0 Å². The predicted molar refractivity (Wildman–Crippen MR) is 69.1 cm³/mol. The van der Waals surface area contributed by atoms with Crippen molar-refractivity contribution in [3.63, 3.8) is 0 Å². The van der Waals surface area contributed by atoms with Gasteiger partial charge < -0.3 is 10.5 Å². The van der Waals surface area contributed by atoms with Crippen molar-refractivity contribution >= 4 is 5.84 Å². The summed E-state index contributed by atoms with van der Waals surface area (Å²) in [6, 6.07) is 4.04. The van der Waals surface area contributed by atoms with Gasteiger partial charge in [0.15, 0.2) is 0 Å². The van der Waals surface area contributed by atoms with Crippen molar-refractivity contribution in [1.82, 2.24) is 4.98 Å². The van der Waals surface area contributed by atoms with Gasteiger partial charge in [-0.1, -0.05) is 6.92 Å². The summed E-state index contributed by atoms with van der Waals surface area (Å²) < 4.78 is 5.69. The topological polar surface area (TPSA) is 72.0 Å². The molecule has 0 radical (unpaired) electrons. The van der Waals surface area contributed by atoms with Crippen LogP contribution in [0.5, 0.6) is 0 Å². The van der Waals surface area contributed by atoms with Crippen LogP contribution in [-0.2, 0) is 11.2 Å². The minimum Gasteiger partial charge on any atom is -0.388 e. The number of aryl methyl sites for hydroxylation is 1. The van der Waals surface area contributed by atoms with E-state index in [9.17, 15) is 0 Å². The zero-order valence-corrected chi connectivity index (χ0v) is 10.4. The van der Waals surface area contributed by atoms with E-state index < -0.39 is 0 Å². The third kappa shape index (κ3) is 6.02. The van der Waals surface area contributed by atoms with Crippen molar-refractivity contribution in [2.45, 2.75) is 38.7 Å². The fourth-order valence-electron chi connectivity index (χ4n) is 1.64. The number of nitrogens with one attached hydrogen (secondary N) is 1. The predicted octanol–water partition coefficient (Wildman–Crippen LogP) is 2.14. The Morgan fingerprint density at radius 1 is 1.47 bits per heavy atom. The number of aromatic nitrogens is 1. The molecule has 1 unspecified atom stereocenters. The van der Waals surface area contributed by atoms with Gasteiger partial charge in [-0.15, -0.1) is 0 Å². The molecule has 4 heteroatoms. The highest BCUT2D eigenvalue weighted by Crippen LogP contribution is 2.06. The van der Waals surface area contributed by atoms with Crippen molar-refractivity contribution in [2.75, 3.05) is 6.61 Å². The van der Waals surface area contributed by atoms with Gasteiger partial charge in [0.2, 0.25) is 0 Å². The highest BCUT2D eigenvalue weighted by atomic mass is 16.5. The molecule has 0 aliphatic carbocycles. The molecule has 4 nitrogen and oxygen atoms in total.